The Morgan fingerprint density at radius 3 is 2.50 bits per heavy atom. The van der Waals surface area contributed by atoms with Crippen molar-refractivity contribution >= 4 is 20.2 Å². The predicted octanol–water partition coefficient (Wildman–Crippen LogP) is 2.68. The molecule has 0 spiro atoms. The summed E-state index contributed by atoms with van der Waals surface area (Å²) in [6.45, 7) is 3.50. The number of benzene rings is 1. The molecule has 18 heavy (non-hydrogen) atoms. The fourth-order valence-electron chi connectivity index (χ4n) is 2.69. The summed E-state index contributed by atoms with van der Waals surface area (Å²) in [5, 5.41) is 1.24. The third kappa shape index (κ3) is 3.32. The van der Waals surface area contributed by atoms with E-state index in [2.05, 4.69) is 18.7 Å². The van der Waals surface area contributed by atoms with Crippen LogP contribution in [0.1, 0.15) is 32.1 Å². The zero-order valence-corrected chi connectivity index (χ0v) is 11.8. The highest BCUT2D eigenvalue weighted by Crippen LogP contribution is 2.31. The second-order valence-electron chi connectivity index (χ2n) is 4.87. The zero-order chi connectivity index (χ0) is 12.8. The van der Waals surface area contributed by atoms with Crippen LogP contribution >= 0.6 is 0 Å². The summed E-state index contributed by atoms with van der Waals surface area (Å²) < 4.78 is 5.71. The largest absolute Gasteiger partial charge is 0.514 e. The van der Waals surface area contributed by atoms with Gasteiger partial charge in [0.25, 0.3) is 9.04 Å². The van der Waals surface area contributed by atoms with Crippen LogP contribution in [0, 0.1) is 0 Å². The molecule has 1 aliphatic carbocycles. The second-order valence-corrected chi connectivity index (χ2v) is 7.56. The first-order valence-corrected chi connectivity index (χ1v) is 8.41. The molecule has 2 rings (SSSR count). The van der Waals surface area contributed by atoms with E-state index >= 15 is 0 Å². The quantitative estimate of drug-likeness (QED) is 0.614. The highest BCUT2D eigenvalue weighted by Gasteiger charge is 2.30. The van der Waals surface area contributed by atoms with Crippen LogP contribution < -0.4 is 5.19 Å². The maximum absolute atomic E-state index is 11.5. The summed E-state index contributed by atoms with van der Waals surface area (Å²) in [7, 11) is -1.67. The van der Waals surface area contributed by atoms with Gasteiger partial charge in [0.1, 0.15) is 0 Å². The fourth-order valence-corrected chi connectivity index (χ4v) is 5.59. The minimum Gasteiger partial charge on any atom is -0.514 e. The predicted molar refractivity (Wildman–Crippen MR) is 76.3 cm³/mol. The van der Waals surface area contributed by atoms with E-state index in [1.807, 2.05) is 18.2 Å². The van der Waals surface area contributed by atoms with Crippen LogP contribution in [0.15, 0.2) is 43.0 Å². The Morgan fingerprint density at radius 2 is 1.89 bits per heavy atom. The summed E-state index contributed by atoms with van der Waals surface area (Å²) in [5.41, 5.74) is 0.588. The van der Waals surface area contributed by atoms with E-state index in [1.165, 1.54) is 43.4 Å². The SMILES string of the molecule is C=CC(=O)O[SiH](c1ccccc1)C1CCCCC1. The number of hydrogen-bond acceptors (Lipinski definition) is 2. The fraction of sp³-hybridized carbons (Fsp3) is 0.400. The highest BCUT2D eigenvalue weighted by molar-refractivity contribution is 6.70. The molecule has 0 aliphatic heterocycles. The molecule has 1 aliphatic rings. The topological polar surface area (TPSA) is 26.3 Å². The van der Waals surface area contributed by atoms with Crippen LogP contribution in [0.4, 0.5) is 0 Å². The third-order valence-corrected chi connectivity index (χ3v) is 6.67. The normalized spacial score (nSPS) is 18.0. The lowest BCUT2D eigenvalue weighted by Gasteiger charge is -2.28. The standard InChI is InChI=1S/C15H20O2Si/c1-2-15(16)17-18(13-9-5-3-6-10-13)14-11-7-4-8-12-14/h2-3,5-6,9-10,14,18H,1,4,7-8,11-12H2. The van der Waals surface area contributed by atoms with Crippen molar-refractivity contribution in [2.24, 2.45) is 0 Å². The van der Waals surface area contributed by atoms with Crippen molar-refractivity contribution in [3.63, 3.8) is 0 Å². The van der Waals surface area contributed by atoms with Gasteiger partial charge in [0.05, 0.1) is 0 Å². The van der Waals surface area contributed by atoms with Gasteiger partial charge < -0.3 is 4.43 Å². The van der Waals surface area contributed by atoms with Gasteiger partial charge in [-0.25, -0.2) is 4.79 Å². The molecule has 0 bridgehead atoms. The Kier molecular flexibility index (Phi) is 4.76. The van der Waals surface area contributed by atoms with Gasteiger partial charge in [0, 0.05) is 6.08 Å². The van der Waals surface area contributed by atoms with Gasteiger partial charge in [-0.15, -0.1) is 0 Å². The Bertz CT molecular complexity index is 396. The minimum absolute atomic E-state index is 0.263. The van der Waals surface area contributed by atoms with Crippen LogP contribution in [0.2, 0.25) is 5.54 Å². The number of rotatable bonds is 4. The van der Waals surface area contributed by atoms with Crippen molar-refractivity contribution in [1.82, 2.24) is 0 Å². The molecule has 1 atom stereocenters. The average molecular weight is 260 g/mol. The monoisotopic (exact) mass is 260 g/mol. The van der Waals surface area contributed by atoms with Gasteiger partial charge in [-0.1, -0.05) is 56.2 Å². The van der Waals surface area contributed by atoms with Crippen LogP contribution in [0.25, 0.3) is 0 Å². The maximum Gasteiger partial charge on any atom is 0.316 e. The Labute approximate surface area is 110 Å². The van der Waals surface area contributed by atoms with Crippen LogP contribution in [0.5, 0.6) is 0 Å². The lowest BCUT2D eigenvalue weighted by atomic mass is 10.0. The lowest BCUT2D eigenvalue weighted by Crippen LogP contribution is -2.40. The van der Waals surface area contributed by atoms with E-state index in [1.54, 1.807) is 0 Å². The molecule has 3 heteroatoms. The van der Waals surface area contributed by atoms with E-state index in [-0.39, 0.29) is 5.97 Å². The van der Waals surface area contributed by atoms with Crippen molar-refractivity contribution in [2.75, 3.05) is 0 Å². The van der Waals surface area contributed by atoms with Gasteiger partial charge >= 0.3 is 5.97 Å². The minimum atomic E-state index is -1.67. The first-order chi connectivity index (χ1) is 8.81. The summed E-state index contributed by atoms with van der Waals surface area (Å²) in [6.07, 6.45) is 7.55. The molecule has 1 saturated carbocycles. The molecule has 0 N–H and O–H groups in total. The number of carbonyl (C=O) groups is 1. The molecular formula is C15H20O2Si. The Balaban J connectivity index is 2.16. The Hall–Kier alpha value is -1.35. The third-order valence-electron chi connectivity index (χ3n) is 3.62. The van der Waals surface area contributed by atoms with Gasteiger partial charge in [0.2, 0.25) is 0 Å². The first-order valence-electron chi connectivity index (χ1n) is 6.69. The highest BCUT2D eigenvalue weighted by atomic mass is 28.3. The molecule has 0 heterocycles. The van der Waals surface area contributed by atoms with Crippen molar-refractivity contribution in [1.29, 1.82) is 0 Å². The smallest absolute Gasteiger partial charge is 0.316 e. The lowest BCUT2D eigenvalue weighted by molar-refractivity contribution is -0.129. The summed E-state index contributed by atoms with van der Waals surface area (Å²) >= 11 is 0. The maximum atomic E-state index is 11.5. The van der Waals surface area contributed by atoms with Gasteiger partial charge in [-0.2, -0.15) is 0 Å². The van der Waals surface area contributed by atoms with Crippen molar-refractivity contribution in [2.45, 2.75) is 37.6 Å². The molecule has 0 radical (unpaired) electrons. The summed E-state index contributed by atoms with van der Waals surface area (Å²) in [5.74, 6) is -0.263. The second kappa shape index (κ2) is 6.54. The van der Waals surface area contributed by atoms with E-state index < -0.39 is 9.04 Å². The van der Waals surface area contributed by atoms with E-state index in [9.17, 15) is 4.79 Å². The molecule has 1 fully saturated rings. The first kappa shape index (κ1) is 13.1. The molecule has 1 aromatic rings. The van der Waals surface area contributed by atoms with Crippen molar-refractivity contribution in [3.8, 4) is 0 Å². The number of hydrogen-bond donors (Lipinski definition) is 0. The van der Waals surface area contributed by atoms with Crippen molar-refractivity contribution in [3.05, 3.63) is 43.0 Å². The van der Waals surface area contributed by atoms with Gasteiger partial charge in [-0.3, -0.25) is 0 Å². The molecule has 0 saturated heterocycles. The molecule has 0 aromatic heterocycles. The van der Waals surface area contributed by atoms with E-state index in [0.717, 1.165) is 0 Å². The zero-order valence-electron chi connectivity index (χ0n) is 10.7. The summed E-state index contributed by atoms with van der Waals surface area (Å²) in [6, 6.07) is 10.3. The van der Waals surface area contributed by atoms with Crippen LogP contribution in [-0.4, -0.2) is 15.0 Å². The van der Waals surface area contributed by atoms with Gasteiger partial charge in [-0.05, 0) is 23.6 Å². The van der Waals surface area contributed by atoms with Crippen LogP contribution in [0.3, 0.4) is 0 Å². The number of carbonyl (C=O) groups excluding carboxylic acids is 1. The van der Waals surface area contributed by atoms with Gasteiger partial charge in [0.15, 0.2) is 0 Å². The molecule has 96 valence electrons. The summed E-state index contributed by atoms with van der Waals surface area (Å²) in [4.78, 5) is 11.5. The average Bonchev–Trinajstić information content (AvgIpc) is 2.46. The Morgan fingerprint density at radius 1 is 1.22 bits per heavy atom. The molecular weight excluding hydrogens is 240 g/mol. The van der Waals surface area contributed by atoms with Crippen LogP contribution in [-0.2, 0) is 9.22 Å². The molecule has 2 nitrogen and oxygen atoms in total. The molecule has 0 amide bonds. The van der Waals surface area contributed by atoms with E-state index in [4.69, 9.17) is 4.43 Å². The molecule has 1 aromatic carbocycles. The van der Waals surface area contributed by atoms with Crippen molar-refractivity contribution < 1.29 is 9.22 Å². The van der Waals surface area contributed by atoms with E-state index in [0.29, 0.717) is 5.54 Å². The molecule has 1 unspecified atom stereocenters.